The third-order valence-electron chi connectivity index (χ3n) is 3.15. The predicted molar refractivity (Wildman–Crippen MR) is 90.0 cm³/mol. The molecule has 0 saturated heterocycles. The molecule has 0 radical (unpaired) electrons. The molecule has 0 saturated carbocycles. The van der Waals surface area contributed by atoms with E-state index in [4.69, 9.17) is 4.52 Å². The second kappa shape index (κ2) is 8.53. The van der Waals surface area contributed by atoms with Crippen molar-refractivity contribution in [2.24, 2.45) is 5.10 Å². The first-order chi connectivity index (χ1) is 11.2. The summed E-state index contributed by atoms with van der Waals surface area (Å²) in [6.45, 7) is 6.61. The van der Waals surface area contributed by atoms with Gasteiger partial charge in [0.05, 0.1) is 0 Å². The quantitative estimate of drug-likeness (QED) is 0.462. The maximum Gasteiger partial charge on any atom is 0.273 e. The van der Waals surface area contributed by atoms with E-state index in [0.717, 1.165) is 12.0 Å². The highest BCUT2D eigenvalue weighted by Crippen LogP contribution is 2.19. The van der Waals surface area contributed by atoms with E-state index < -0.39 is 0 Å². The van der Waals surface area contributed by atoms with Crippen molar-refractivity contribution in [1.29, 1.82) is 0 Å². The fraction of sp³-hybridized carbons (Fsp3) is 0.235. The summed E-state index contributed by atoms with van der Waals surface area (Å²) in [6.07, 6.45) is 4.46. The van der Waals surface area contributed by atoms with Crippen molar-refractivity contribution in [2.75, 3.05) is 13.1 Å². The molecule has 6 heteroatoms. The first-order valence-corrected chi connectivity index (χ1v) is 7.41. The summed E-state index contributed by atoms with van der Waals surface area (Å²) in [5.74, 6) is 0.325. The van der Waals surface area contributed by atoms with Crippen LogP contribution in [0.4, 0.5) is 0 Å². The van der Waals surface area contributed by atoms with Crippen molar-refractivity contribution < 1.29 is 9.32 Å². The minimum atomic E-state index is -0.250. The van der Waals surface area contributed by atoms with E-state index in [1.165, 1.54) is 0 Å². The SMILES string of the molecule is C=NN(/C=C\C)CCCNC(=O)c1cc(-c2ccccc2)on1. The van der Waals surface area contributed by atoms with Crippen LogP contribution in [0.1, 0.15) is 23.8 Å². The summed E-state index contributed by atoms with van der Waals surface area (Å²) < 4.78 is 5.21. The Labute approximate surface area is 135 Å². The van der Waals surface area contributed by atoms with E-state index in [-0.39, 0.29) is 11.6 Å². The standard InChI is InChI=1S/C17H20N4O2/c1-3-11-21(18-2)12-7-10-19-17(22)15-13-16(23-20-15)14-8-5-4-6-9-14/h3-6,8-9,11,13H,2,7,10,12H2,1H3,(H,19,22)/b11-3-. The van der Waals surface area contributed by atoms with Gasteiger partial charge in [0.2, 0.25) is 0 Å². The molecule has 1 heterocycles. The highest BCUT2D eigenvalue weighted by atomic mass is 16.5. The van der Waals surface area contributed by atoms with Crippen molar-refractivity contribution in [3.8, 4) is 11.3 Å². The molecule has 0 aliphatic carbocycles. The van der Waals surface area contributed by atoms with Gasteiger partial charge >= 0.3 is 0 Å². The van der Waals surface area contributed by atoms with Gasteiger partial charge in [-0.2, -0.15) is 5.10 Å². The summed E-state index contributed by atoms with van der Waals surface area (Å²) >= 11 is 0. The number of allylic oxidation sites excluding steroid dienone is 1. The molecule has 0 unspecified atom stereocenters. The molecule has 2 rings (SSSR count). The minimum Gasteiger partial charge on any atom is -0.355 e. The largest absolute Gasteiger partial charge is 0.355 e. The summed E-state index contributed by atoms with van der Waals surface area (Å²) in [5, 5.41) is 12.2. The van der Waals surface area contributed by atoms with E-state index in [9.17, 15) is 4.79 Å². The molecule has 0 atom stereocenters. The van der Waals surface area contributed by atoms with Crippen molar-refractivity contribution in [2.45, 2.75) is 13.3 Å². The number of carbonyl (C=O) groups excluding carboxylic acids is 1. The lowest BCUT2D eigenvalue weighted by Crippen LogP contribution is -2.26. The summed E-state index contributed by atoms with van der Waals surface area (Å²) in [6, 6.07) is 11.2. The highest BCUT2D eigenvalue weighted by molar-refractivity contribution is 5.93. The van der Waals surface area contributed by atoms with Gasteiger partial charge < -0.3 is 9.84 Å². The molecule has 1 aromatic carbocycles. The fourth-order valence-corrected chi connectivity index (χ4v) is 2.02. The number of benzene rings is 1. The van der Waals surface area contributed by atoms with Crippen LogP contribution in [-0.4, -0.2) is 35.9 Å². The van der Waals surface area contributed by atoms with Gasteiger partial charge in [0, 0.05) is 37.6 Å². The Morgan fingerprint density at radius 3 is 2.91 bits per heavy atom. The zero-order valence-corrected chi connectivity index (χ0v) is 13.1. The number of hydrazone groups is 1. The highest BCUT2D eigenvalue weighted by Gasteiger charge is 2.13. The minimum absolute atomic E-state index is 0.250. The third kappa shape index (κ3) is 4.81. The summed E-state index contributed by atoms with van der Waals surface area (Å²) in [4.78, 5) is 12.0. The number of nitrogens with one attached hydrogen (secondary N) is 1. The number of amides is 1. The Hall–Kier alpha value is -2.89. The molecule has 23 heavy (non-hydrogen) atoms. The monoisotopic (exact) mass is 312 g/mol. The lowest BCUT2D eigenvalue weighted by atomic mass is 10.1. The third-order valence-corrected chi connectivity index (χ3v) is 3.15. The number of hydrogen-bond acceptors (Lipinski definition) is 5. The lowest BCUT2D eigenvalue weighted by molar-refractivity contribution is 0.0943. The topological polar surface area (TPSA) is 70.7 Å². The van der Waals surface area contributed by atoms with E-state index >= 15 is 0 Å². The molecule has 2 aromatic rings. The maximum absolute atomic E-state index is 12.0. The Bertz CT molecular complexity index is 664. The second-order valence-electron chi connectivity index (χ2n) is 4.84. The van der Waals surface area contributed by atoms with Crippen LogP contribution < -0.4 is 5.32 Å². The van der Waals surface area contributed by atoms with Crippen LogP contribution in [0.15, 0.2) is 58.3 Å². The van der Waals surface area contributed by atoms with Gasteiger partial charge in [0.25, 0.3) is 5.91 Å². The van der Waals surface area contributed by atoms with Gasteiger partial charge in [-0.05, 0) is 13.3 Å². The summed E-state index contributed by atoms with van der Waals surface area (Å²) in [5.41, 5.74) is 1.16. The molecule has 0 aliphatic heterocycles. The Morgan fingerprint density at radius 1 is 1.43 bits per heavy atom. The molecule has 0 bridgehead atoms. The number of hydrogen-bond donors (Lipinski definition) is 1. The van der Waals surface area contributed by atoms with Crippen LogP contribution >= 0.6 is 0 Å². The Morgan fingerprint density at radius 2 is 2.22 bits per heavy atom. The Balaban J connectivity index is 1.83. The molecule has 120 valence electrons. The summed E-state index contributed by atoms with van der Waals surface area (Å²) in [7, 11) is 0. The number of carbonyl (C=O) groups is 1. The van der Waals surface area contributed by atoms with Gasteiger partial charge in [-0.1, -0.05) is 41.6 Å². The zero-order valence-electron chi connectivity index (χ0n) is 13.1. The molecule has 1 amide bonds. The van der Waals surface area contributed by atoms with Crippen LogP contribution in [-0.2, 0) is 0 Å². The van der Waals surface area contributed by atoms with Crippen LogP contribution in [0, 0.1) is 0 Å². The maximum atomic E-state index is 12.0. The van der Waals surface area contributed by atoms with Gasteiger partial charge in [-0.25, -0.2) is 0 Å². The molecule has 0 fully saturated rings. The van der Waals surface area contributed by atoms with Crippen molar-refractivity contribution >= 4 is 12.6 Å². The van der Waals surface area contributed by atoms with Crippen LogP contribution in [0.5, 0.6) is 0 Å². The second-order valence-corrected chi connectivity index (χ2v) is 4.84. The lowest BCUT2D eigenvalue weighted by Gasteiger charge is -2.12. The first kappa shape index (κ1) is 16.5. The average Bonchev–Trinajstić information content (AvgIpc) is 3.08. The predicted octanol–water partition coefficient (Wildman–Crippen LogP) is 2.91. The van der Waals surface area contributed by atoms with Crippen molar-refractivity contribution in [3.05, 3.63) is 54.4 Å². The number of aromatic nitrogens is 1. The van der Waals surface area contributed by atoms with E-state index in [0.29, 0.717) is 18.8 Å². The Kier molecular flexibility index (Phi) is 6.11. The molecule has 6 nitrogen and oxygen atoms in total. The molecule has 0 spiro atoms. The molecular formula is C17H20N4O2. The number of rotatable bonds is 8. The fourth-order valence-electron chi connectivity index (χ4n) is 2.02. The van der Waals surface area contributed by atoms with Crippen LogP contribution in [0.2, 0.25) is 0 Å². The van der Waals surface area contributed by atoms with E-state index in [1.54, 1.807) is 11.1 Å². The number of nitrogens with zero attached hydrogens (tertiary/aromatic N) is 3. The average molecular weight is 312 g/mol. The van der Waals surface area contributed by atoms with Crippen molar-refractivity contribution in [1.82, 2.24) is 15.5 Å². The molecule has 1 N–H and O–H groups in total. The van der Waals surface area contributed by atoms with Gasteiger partial charge in [-0.15, -0.1) is 0 Å². The smallest absolute Gasteiger partial charge is 0.273 e. The zero-order chi connectivity index (χ0) is 16.5. The molecule has 0 aliphatic rings. The van der Waals surface area contributed by atoms with E-state index in [1.807, 2.05) is 49.5 Å². The van der Waals surface area contributed by atoms with Crippen LogP contribution in [0.3, 0.4) is 0 Å². The first-order valence-electron chi connectivity index (χ1n) is 7.41. The van der Waals surface area contributed by atoms with Gasteiger partial charge in [0.15, 0.2) is 11.5 Å². The molecule has 1 aromatic heterocycles. The normalized spacial score (nSPS) is 10.7. The van der Waals surface area contributed by atoms with Gasteiger partial charge in [-0.3, -0.25) is 9.80 Å². The van der Waals surface area contributed by atoms with Crippen molar-refractivity contribution in [3.63, 3.8) is 0 Å². The van der Waals surface area contributed by atoms with E-state index in [2.05, 4.69) is 22.3 Å². The molecular weight excluding hydrogens is 292 g/mol. The van der Waals surface area contributed by atoms with Gasteiger partial charge in [0.1, 0.15) is 0 Å². The van der Waals surface area contributed by atoms with Crippen LogP contribution in [0.25, 0.3) is 11.3 Å².